The SMILES string of the molecule is [2H]C([2H])([2H])C([2H])([2H])OCc1cnc(Cl)nc1Oc1ccc2c(ccc3sc4c(c32)NC[C@H](C)NC4=O)n1. The quantitative estimate of drug-likeness (QED) is 0.402. The molecular formula is C22H20ClN5O3S. The second-order valence-corrected chi connectivity index (χ2v) is 8.57. The molecule has 4 aromatic rings. The number of fused-ring (bicyclic) bond motifs is 5. The monoisotopic (exact) mass is 474 g/mol. The summed E-state index contributed by atoms with van der Waals surface area (Å²) in [6.07, 6.45) is 1.27. The molecule has 0 fully saturated rings. The fourth-order valence-corrected chi connectivity index (χ4v) is 4.76. The number of hydrogen-bond donors (Lipinski definition) is 2. The number of pyridine rings is 1. The molecule has 4 heterocycles. The highest BCUT2D eigenvalue weighted by molar-refractivity contribution is 7.21. The number of anilines is 1. The Morgan fingerprint density at radius 3 is 3.12 bits per heavy atom. The van der Waals surface area contributed by atoms with Crippen molar-refractivity contribution in [2.75, 3.05) is 18.4 Å². The summed E-state index contributed by atoms with van der Waals surface area (Å²) in [6.45, 7) is -3.82. The molecule has 1 aromatic carbocycles. The molecule has 1 aliphatic rings. The predicted octanol–water partition coefficient (Wildman–Crippen LogP) is 4.77. The molecule has 2 N–H and O–H groups in total. The number of ether oxygens (including phenoxy) is 2. The van der Waals surface area contributed by atoms with Gasteiger partial charge in [-0.25, -0.2) is 9.97 Å². The van der Waals surface area contributed by atoms with Crippen LogP contribution in [-0.2, 0) is 11.3 Å². The van der Waals surface area contributed by atoms with E-state index in [4.69, 9.17) is 27.9 Å². The summed E-state index contributed by atoms with van der Waals surface area (Å²) < 4.78 is 48.9. The summed E-state index contributed by atoms with van der Waals surface area (Å²) in [5.74, 6) is 0.00126. The largest absolute Gasteiger partial charge is 0.420 e. The Hall–Kier alpha value is -3.01. The molecule has 0 saturated heterocycles. The number of benzene rings is 1. The Balaban J connectivity index is 1.48. The van der Waals surface area contributed by atoms with E-state index in [1.54, 1.807) is 6.07 Å². The number of hydrogen-bond acceptors (Lipinski definition) is 8. The maximum atomic E-state index is 12.6. The van der Waals surface area contributed by atoms with Crippen LogP contribution < -0.4 is 15.4 Å². The van der Waals surface area contributed by atoms with E-state index in [0.29, 0.717) is 16.9 Å². The van der Waals surface area contributed by atoms with Crippen molar-refractivity contribution in [3.63, 3.8) is 0 Å². The highest BCUT2D eigenvalue weighted by atomic mass is 35.5. The highest BCUT2D eigenvalue weighted by Crippen LogP contribution is 2.41. The molecule has 0 radical (unpaired) electrons. The Morgan fingerprint density at radius 2 is 2.25 bits per heavy atom. The van der Waals surface area contributed by atoms with E-state index >= 15 is 0 Å². The van der Waals surface area contributed by atoms with Gasteiger partial charge in [0.2, 0.25) is 17.0 Å². The molecule has 0 unspecified atom stereocenters. The van der Waals surface area contributed by atoms with Crippen molar-refractivity contribution >= 4 is 55.5 Å². The molecule has 3 aromatic heterocycles. The molecule has 0 aliphatic carbocycles. The molecule has 1 atom stereocenters. The normalized spacial score (nSPS) is 19.0. The Kier molecular flexibility index (Phi) is 4.18. The van der Waals surface area contributed by atoms with E-state index < -0.39 is 20.0 Å². The number of rotatable bonds is 5. The van der Waals surface area contributed by atoms with Crippen LogP contribution in [0.2, 0.25) is 5.28 Å². The van der Waals surface area contributed by atoms with Gasteiger partial charge in [0.1, 0.15) is 4.88 Å². The number of nitrogens with zero attached hydrogens (tertiary/aromatic N) is 3. The maximum absolute atomic E-state index is 12.6. The minimum Gasteiger partial charge on any atom is -0.420 e. The molecule has 32 heavy (non-hydrogen) atoms. The first-order valence-corrected chi connectivity index (χ1v) is 10.9. The molecule has 5 rings (SSSR count). The Bertz CT molecular complexity index is 1530. The van der Waals surface area contributed by atoms with Gasteiger partial charge in [-0.1, -0.05) is 0 Å². The van der Waals surface area contributed by atoms with Gasteiger partial charge in [0.05, 0.1) is 26.1 Å². The van der Waals surface area contributed by atoms with Gasteiger partial charge < -0.3 is 20.1 Å². The number of nitrogens with one attached hydrogen (secondary N) is 2. The molecule has 164 valence electrons. The number of amides is 1. The first kappa shape index (κ1) is 15.7. The van der Waals surface area contributed by atoms with Crippen LogP contribution in [0, 0.1) is 0 Å². The van der Waals surface area contributed by atoms with Crippen molar-refractivity contribution in [1.29, 1.82) is 0 Å². The van der Waals surface area contributed by atoms with Gasteiger partial charge in [-0.3, -0.25) is 4.79 Å². The maximum Gasteiger partial charge on any atom is 0.263 e. The predicted molar refractivity (Wildman–Crippen MR) is 125 cm³/mol. The number of halogens is 1. The summed E-state index contributed by atoms with van der Waals surface area (Å²) in [5, 5.41) is 7.94. The fraction of sp³-hybridized carbons (Fsp3) is 0.273. The fourth-order valence-electron chi connectivity index (χ4n) is 3.53. The van der Waals surface area contributed by atoms with Gasteiger partial charge in [0.15, 0.2) is 0 Å². The van der Waals surface area contributed by atoms with Crippen molar-refractivity contribution in [3.05, 3.63) is 46.2 Å². The van der Waals surface area contributed by atoms with Gasteiger partial charge in [-0.2, -0.15) is 4.98 Å². The van der Waals surface area contributed by atoms with E-state index in [1.165, 1.54) is 17.5 Å². The van der Waals surface area contributed by atoms with Crippen LogP contribution >= 0.6 is 22.9 Å². The molecule has 1 aliphatic heterocycles. The molecule has 10 heteroatoms. The van der Waals surface area contributed by atoms with Crippen LogP contribution in [0.5, 0.6) is 11.8 Å². The van der Waals surface area contributed by atoms with E-state index in [-0.39, 0.29) is 34.6 Å². The average Bonchev–Trinajstić information content (AvgIpc) is 3.14. The number of aromatic nitrogens is 3. The first-order chi connectivity index (χ1) is 17.4. The van der Waals surface area contributed by atoms with Crippen LogP contribution in [-0.4, -0.2) is 40.0 Å². The molecule has 0 spiro atoms. The summed E-state index contributed by atoms with van der Waals surface area (Å²) in [5.41, 5.74) is 1.57. The minimum absolute atomic E-state index is 0.0110. The molecule has 1 amide bonds. The molecule has 0 saturated carbocycles. The second-order valence-electron chi connectivity index (χ2n) is 7.18. The van der Waals surface area contributed by atoms with Crippen molar-refractivity contribution in [1.82, 2.24) is 20.3 Å². The summed E-state index contributed by atoms with van der Waals surface area (Å²) in [4.78, 5) is 25.7. The standard InChI is InChI=1S/C22H20ClN5O3S/c1-3-30-10-12-9-25-22(23)28-21(12)31-16-7-4-13-14(27-16)5-6-15-17(13)18-19(32-15)20(29)26-11(2)8-24-18/h4-7,9,11,24H,3,8,10H2,1-2H3,(H,26,29)/t11-/m0/s1/i1D3,3D2. The lowest BCUT2D eigenvalue weighted by Crippen LogP contribution is -2.34. The van der Waals surface area contributed by atoms with Crippen LogP contribution in [0.4, 0.5) is 5.69 Å². The van der Waals surface area contributed by atoms with E-state index in [0.717, 1.165) is 21.2 Å². The average molecular weight is 475 g/mol. The summed E-state index contributed by atoms with van der Waals surface area (Å²) >= 11 is 7.34. The molecule has 8 nitrogen and oxygen atoms in total. The van der Waals surface area contributed by atoms with Crippen molar-refractivity contribution in [2.24, 2.45) is 0 Å². The summed E-state index contributed by atoms with van der Waals surface area (Å²) in [6, 6.07) is 7.16. The third-order valence-corrected chi connectivity index (χ3v) is 6.30. The third-order valence-electron chi connectivity index (χ3n) is 4.96. The number of carbonyl (C=O) groups excluding carboxylic acids is 1. The summed E-state index contributed by atoms with van der Waals surface area (Å²) in [7, 11) is 0. The lowest BCUT2D eigenvalue weighted by atomic mass is 10.1. The first-order valence-electron chi connectivity index (χ1n) is 12.2. The van der Waals surface area contributed by atoms with E-state index in [2.05, 4.69) is 25.6 Å². The van der Waals surface area contributed by atoms with Gasteiger partial charge >= 0.3 is 0 Å². The lowest BCUT2D eigenvalue weighted by Gasteiger charge is -2.11. The van der Waals surface area contributed by atoms with Crippen LogP contribution in [0.1, 0.15) is 35.9 Å². The second kappa shape index (κ2) is 8.50. The van der Waals surface area contributed by atoms with Crippen LogP contribution in [0.15, 0.2) is 30.5 Å². The van der Waals surface area contributed by atoms with Gasteiger partial charge in [0, 0.05) is 51.0 Å². The Morgan fingerprint density at radius 1 is 1.34 bits per heavy atom. The Labute approximate surface area is 200 Å². The lowest BCUT2D eigenvalue weighted by molar-refractivity contribution is 0.0949. The van der Waals surface area contributed by atoms with Crippen molar-refractivity contribution in [2.45, 2.75) is 26.4 Å². The van der Waals surface area contributed by atoms with Crippen molar-refractivity contribution in [3.8, 4) is 11.8 Å². The minimum atomic E-state index is -2.99. The van der Waals surface area contributed by atoms with Gasteiger partial charge in [-0.05, 0) is 43.6 Å². The molecular weight excluding hydrogens is 450 g/mol. The zero-order valence-electron chi connectivity index (χ0n) is 21.7. The zero-order chi connectivity index (χ0) is 26.5. The van der Waals surface area contributed by atoms with E-state index in [1.807, 2.05) is 25.1 Å². The zero-order valence-corrected chi connectivity index (χ0v) is 18.3. The number of thiophene rings is 1. The van der Waals surface area contributed by atoms with Gasteiger partial charge in [-0.15, -0.1) is 11.3 Å². The smallest absolute Gasteiger partial charge is 0.263 e. The van der Waals surface area contributed by atoms with Gasteiger partial charge in [0.25, 0.3) is 5.91 Å². The van der Waals surface area contributed by atoms with Crippen molar-refractivity contribution < 1.29 is 21.1 Å². The van der Waals surface area contributed by atoms with Crippen LogP contribution in [0.25, 0.3) is 21.0 Å². The highest BCUT2D eigenvalue weighted by Gasteiger charge is 2.24. The van der Waals surface area contributed by atoms with Crippen LogP contribution in [0.3, 0.4) is 0 Å². The third kappa shape index (κ3) is 3.83. The van der Waals surface area contributed by atoms with E-state index in [9.17, 15) is 4.79 Å². The topological polar surface area (TPSA) is 98.3 Å². The molecule has 0 bridgehead atoms. The number of carbonyl (C=O) groups is 1.